The topological polar surface area (TPSA) is 20.3 Å². The Bertz CT molecular complexity index is 310. The monoisotopic (exact) mass is 197 g/mol. The Balaban J connectivity index is 2.83. The molecule has 13 heavy (non-hydrogen) atoms. The van der Waals surface area contributed by atoms with E-state index in [2.05, 4.69) is 0 Å². The molecule has 1 aromatic carbocycles. The van der Waals surface area contributed by atoms with Crippen LogP contribution in [0.15, 0.2) is 24.3 Å². The molecule has 0 atom stereocenters. The van der Waals surface area contributed by atoms with Crippen LogP contribution in [-0.2, 0) is 0 Å². The molecule has 0 heterocycles. The second-order valence-electron chi connectivity index (χ2n) is 3.14. The molecule has 0 aliphatic heterocycles. The lowest BCUT2D eigenvalue weighted by molar-refractivity contribution is 0.0958. The highest BCUT2D eigenvalue weighted by molar-refractivity contribution is 6.34. The van der Waals surface area contributed by atoms with Crippen molar-refractivity contribution in [3.8, 4) is 0 Å². The van der Waals surface area contributed by atoms with Crippen molar-refractivity contribution in [3.05, 3.63) is 34.9 Å². The Labute approximate surface area is 83.1 Å². The van der Waals surface area contributed by atoms with Crippen LogP contribution >= 0.6 is 11.6 Å². The Morgan fingerprint density at radius 3 is 2.54 bits per heavy atom. The highest BCUT2D eigenvalue weighted by atomic mass is 35.5. The highest BCUT2D eigenvalue weighted by Crippen LogP contribution is 2.15. The minimum atomic E-state index is 0.0515. The van der Waals surface area contributed by atoms with E-state index in [0.29, 0.717) is 17.1 Å². The van der Waals surface area contributed by atoms with Gasteiger partial charge in [0.2, 0.25) is 0 Å². The molecule has 0 aliphatic carbocycles. The van der Waals surface area contributed by atoms with Crippen molar-refractivity contribution in [2.75, 3.05) is 20.6 Å². The number of hydrogen-bond donors (Lipinski definition) is 0. The molecule has 0 saturated carbocycles. The summed E-state index contributed by atoms with van der Waals surface area (Å²) in [5.41, 5.74) is 0.595. The molecule has 0 spiro atoms. The maximum absolute atomic E-state index is 11.5. The minimum Gasteiger partial charge on any atom is -0.302 e. The van der Waals surface area contributed by atoms with E-state index in [1.165, 1.54) is 0 Å². The van der Waals surface area contributed by atoms with E-state index in [-0.39, 0.29) is 5.78 Å². The van der Waals surface area contributed by atoms with Crippen molar-refractivity contribution in [3.63, 3.8) is 0 Å². The first kappa shape index (κ1) is 10.2. The van der Waals surface area contributed by atoms with Gasteiger partial charge in [0.1, 0.15) is 0 Å². The van der Waals surface area contributed by atoms with Crippen LogP contribution in [0.2, 0.25) is 5.02 Å². The average molecular weight is 198 g/mol. The zero-order valence-electron chi connectivity index (χ0n) is 7.75. The minimum absolute atomic E-state index is 0.0515. The van der Waals surface area contributed by atoms with Crippen LogP contribution < -0.4 is 0 Å². The predicted octanol–water partition coefficient (Wildman–Crippen LogP) is 2.08. The fraction of sp³-hybridized carbons (Fsp3) is 0.300. The molecule has 0 radical (unpaired) electrons. The van der Waals surface area contributed by atoms with Gasteiger partial charge in [-0.3, -0.25) is 4.79 Å². The molecular weight excluding hydrogens is 186 g/mol. The summed E-state index contributed by atoms with van der Waals surface area (Å²) in [7, 11) is 3.71. The van der Waals surface area contributed by atoms with Gasteiger partial charge < -0.3 is 4.90 Å². The van der Waals surface area contributed by atoms with Crippen molar-refractivity contribution in [2.45, 2.75) is 0 Å². The first-order valence-electron chi connectivity index (χ1n) is 4.03. The molecule has 0 amide bonds. The van der Waals surface area contributed by atoms with Gasteiger partial charge in [-0.05, 0) is 26.2 Å². The lowest BCUT2D eigenvalue weighted by Crippen LogP contribution is -2.21. The summed E-state index contributed by atoms with van der Waals surface area (Å²) in [4.78, 5) is 13.4. The van der Waals surface area contributed by atoms with Crippen molar-refractivity contribution < 1.29 is 4.79 Å². The van der Waals surface area contributed by atoms with Gasteiger partial charge in [-0.1, -0.05) is 23.7 Å². The molecule has 2 nitrogen and oxygen atoms in total. The molecule has 0 N–H and O–H groups in total. The third kappa shape index (κ3) is 2.83. The van der Waals surface area contributed by atoms with Gasteiger partial charge in [-0.2, -0.15) is 0 Å². The van der Waals surface area contributed by atoms with Crippen LogP contribution in [0.1, 0.15) is 10.4 Å². The summed E-state index contributed by atoms with van der Waals surface area (Å²) in [6.45, 7) is 0.393. The molecule has 0 unspecified atom stereocenters. The fourth-order valence-electron chi connectivity index (χ4n) is 1.06. The largest absolute Gasteiger partial charge is 0.302 e. The number of halogens is 1. The van der Waals surface area contributed by atoms with Crippen LogP contribution in [0.25, 0.3) is 0 Å². The zero-order chi connectivity index (χ0) is 9.84. The summed E-state index contributed by atoms with van der Waals surface area (Å²) >= 11 is 5.86. The van der Waals surface area contributed by atoms with E-state index in [1.807, 2.05) is 31.1 Å². The number of carbonyl (C=O) groups excluding carboxylic acids is 1. The second-order valence-corrected chi connectivity index (χ2v) is 3.55. The van der Waals surface area contributed by atoms with Crippen LogP contribution in [0.5, 0.6) is 0 Å². The van der Waals surface area contributed by atoms with Crippen LogP contribution in [-0.4, -0.2) is 31.3 Å². The Morgan fingerprint density at radius 2 is 2.00 bits per heavy atom. The molecular formula is C10H12ClNO. The van der Waals surface area contributed by atoms with E-state index in [0.717, 1.165) is 0 Å². The van der Waals surface area contributed by atoms with E-state index >= 15 is 0 Å². The van der Waals surface area contributed by atoms with E-state index in [1.54, 1.807) is 12.1 Å². The summed E-state index contributed by atoms with van der Waals surface area (Å²) in [6, 6.07) is 7.10. The third-order valence-corrected chi connectivity index (χ3v) is 1.96. The van der Waals surface area contributed by atoms with Gasteiger partial charge in [0, 0.05) is 5.56 Å². The SMILES string of the molecule is CN(C)CC(=O)c1ccccc1Cl. The zero-order valence-corrected chi connectivity index (χ0v) is 8.51. The number of carbonyl (C=O) groups is 1. The number of rotatable bonds is 3. The standard InChI is InChI=1S/C10H12ClNO/c1-12(2)7-10(13)8-5-3-4-6-9(8)11/h3-6H,7H2,1-2H3. The molecule has 0 bridgehead atoms. The Hall–Kier alpha value is -0.860. The number of likely N-dealkylation sites (N-methyl/N-ethyl adjacent to an activating group) is 1. The number of nitrogens with zero attached hydrogens (tertiary/aromatic N) is 1. The lowest BCUT2D eigenvalue weighted by Gasteiger charge is -2.08. The molecule has 1 aromatic rings. The summed E-state index contributed by atoms with van der Waals surface area (Å²) in [6.07, 6.45) is 0. The lowest BCUT2D eigenvalue weighted by atomic mass is 10.1. The van der Waals surface area contributed by atoms with Crippen LogP contribution in [0, 0.1) is 0 Å². The number of hydrogen-bond acceptors (Lipinski definition) is 2. The average Bonchev–Trinajstić information content (AvgIpc) is 2.03. The van der Waals surface area contributed by atoms with Gasteiger partial charge in [0.05, 0.1) is 11.6 Å². The van der Waals surface area contributed by atoms with Gasteiger partial charge in [-0.25, -0.2) is 0 Å². The van der Waals surface area contributed by atoms with Gasteiger partial charge in [0.25, 0.3) is 0 Å². The number of ketones is 1. The van der Waals surface area contributed by atoms with Gasteiger partial charge >= 0.3 is 0 Å². The maximum Gasteiger partial charge on any atom is 0.178 e. The van der Waals surface area contributed by atoms with Gasteiger partial charge in [0.15, 0.2) is 5.78 Å². The maximum atomic E-state index is 11.5. The van der Waals surface area contributed by atoms with Crippen molar-refractivity contribution in [1.29, 1.82) is 0 Å². The smallest absolute Gasteiger partial charge is 0.178 e. The molecule has 0 aromatic heterocycles. The van der Waals surface area contributed by atoms with E-state index < -0.39 is 0 Å². The highest BCUT2D eigenvalue weighted by Gasteiger charge is 2.09. The predicted molar refractivity (Wildman–Crippen MR) is 54.3 cm³/mol. The van der Waals surface area contributed by atoms with Crippen LogP contribution in [0.3, 0.4) is 0 Å². The molecule has 1 rings (SSSR count). The Kier molecular flexibility index (Phi) is 3.46. The normalized spacial score (nSPS) is 10.5. The molecule has 0 saturated heterocycles. The molecule has 0 fully saturated rings. The van der Waals surface area contributed by atoms with E-state index in [9.17, 15) is 4.79 Å². The van der Waals surface area contributed by atoms with Gasteiger partial charge in [-0.15, -0.1) is 0 Å². The fourth-order valence-corrected chi connectivity index (χ4v) is 1.30. The van der Waals surface area contributed by atoms with Crippen molar-refractivity contribution in [2.24, 2.45) is 0 Å². The van der Waals surface area contributed by atoms with E-state index in [4.69, 9.17) is 11.6 Å². The summed E-state index contributed by atoms with van der Waals surface area (Å²) in [5.74, 6) is 0.0515. The first-order chi connectivity index (χ1) is 6.11. The Morgan fingerprint density at radius 1 is 1.38 bits per heavy atom. The second kappa shape index (κ2) is 4.40. The third-order valence-electron chi connectivity index (χ3n) is 1.63. The molecule has 3 heteroatoms. The van der Waals surface area contributed by atoms with Crippen LogP contribution in [0.4, 0.5) is 0 Å². The molecule has 0 aliphatic rings. The summed E-state index contributed by atoms with van der Waals surface area (Å²) < 4.78 is 0. The first-order valence-corrected chi connectivity index (χ1v) is 4.41. The number of Topliss-reactive ketones (excluding diaryl/α,β-unsaturated/α-hetero) is 1. The quantitative estimate of drug-likeness (QED) is 0.692. The molecule has 70 valence electrons. The van der Waals surface area contributed by atoms with Crippen molar-refractivity contribution in [1.82, 2.24) is 4.90 Å². The summed E-state index contributed by atoms with van der Waals surface area (Å²) in [5, 5.41) is 0.523. The van der Waals surface area contributed by atoms with Crippen molar-refractivity contribution >= 4 is 17.4 Å². The number of benzene rings is 1.